The quantitative estimate of drug-likeness (QED) is 0.338. The van der Waals surface area contributed by atoms with Crippen molar-refractivity contribution in [2.24, 2.45) is 5.92 Å². The molecular weight excluding hydrogens is 374 g/mol. The number of hydrogen-bond donors (Lipinski definition) is 0. The Balaban J connectivity index is 1.58. The summed E-state index contributed by atoms with van der Waals surface area (Å²) in [5.74, 6) is 1.51. The van der Waals surface area contributed by atoms with Gasteiger partial charge in [0.25, 0.3) is 0 Å². The molecule has 0 aliphatic carbocycles. The number of carbonyl (C=O) groups is 1. The third kappa shape index (κ3) is 5.24. The Morgan fingerprint density at radius 2 is 2.04 bits per heavy atom. The Morgan fingerprint density at radius 3 is 2.70 bits per heavy atom. The van der Waals surface area contributed by atoms with Crippen molar-refractivity contribution in [3.63, 3.8) is 0 Å². The zero-order valence-electron chi connectivity index (χ0n) is 16.9. The number of nitrogens with zero attached hydrogens (tertiary/aromatic N) is 1. The Bertz CT molecular complexity index is 618. The number of ether oxygens (including phenoxy) is 1. The molecule has 2 aliphatic rings. The van der Waals surface area contributed by atoms with E-state index in [4.69, 9.17) is 4.74 Å². The summed E-state index contributed by atoms with van der Waals surface area (Å²) in [4.78, 5) is 15.1. The molecule has 2 aliphatic heterocycles. The van der Waals surface area contributed by atoms with Gasteiger partial charge in [-0.25, -0.2) is 0 Å². The first-order valence-electron chi connectivity index (χ1n) is 10.2. The molecule has 0 aromatic heterocycles. The van der Waals surface area contributed by atoms with Crippen molar-refractivity contribution in [2.75, 3.05) is 25.9 Å². The van der Waals surface area contributed by atoms with E-state index in [9.17, 15) is 4.79 Å². The normalized spacial score (nSPS) is 31.7. The first kappa shape index (κ1) is 21.1. The Morgan fingerprint density at radius 1 is 1.26 bits per heavy atom. The topological polar surface area (TPSA) is 29.5 Å². The number of carbonyl (C=O) groups excluding carboxylic acids is 1. The Hall–Kier alpha value is -0.650. The average molecular weight is 408 g/mol. The lowest BCUT2D eigenvalue weighted by molar-refractivity contribution is -0.175. The minimum Gasteiger partial charge on any atom is -0.454 e. The van der Waals surface area contributed by atoms with Crippen LogP contribution in [0, 0.1) is 5.92 Å². The fourth-order valence-corrected chi connectivity index (χ4v) is 7.64. The maximum atomic E-state index is 12.7. The van der Waals surface area contributed by atoms with Crippen LogP contribution in [0.4, 0.5) is 0 Å². The summed E-state index contributed by atoms with van der Waals surface area (Å²) in [6, 6.07) is 10.4. The molecule has 2 unspecified atom stereocenters. The van der Waals surface area contributed by atoms with Crippen molar-refractivity contribution in [1.82, 2.24) is 4.90 Å². The molecule has 1 aromatic carbocycles. The molecule has 3 nitrogen and oxygen atoms in total. The van der Waals surface area contributed by atoms with Gasteiger partial charge in [-0.05, 0) is 38.8 Å². The van der Waals surface area contributed by atoms with Gasteiger partial charge >= 0.3 is 5.97 Å². The molecule has 0 spiro atoms. The zero-order valence-corrected chi connectivity index (χ0v) is 18.5. The van der Waals surface area contributed by atoms with Crippen molar-refractivity contribution in [3.8, 4) is 0 Å². The van der Waals surface area contributed by atoms with Crippen LogP contribution in [-0.4, -0.2) is 41.5 Å². The molecule has 1 aromatic rings. The number of benzene rings is 1. The van der Waals surface area contributed by atoms with Gasteiger partial charge in [0.15, 0.2) is 0 Å². The summed E-state index contributed by atoms with van der Waals surface area (Å²) in [6.07, 6.45) is 5.92. The molecule has 0 saturated carbocycles. The summed E-state index contributed by atoms with van der Waals surface area (Å²) in [6.45, 7) is 6.49. The van der Waals surface area contributed by atoms with Gasteiger partial charge in [-0.1, -0.05) is 65.3 Å². The van der Waals surface area contributed by atoms with Crippen molar-refractivity contribution in [3.05, 3.63) is 35.9 Å². The van der Waals surface area contributed by atoms with E-state index >= 15 is 0 Å². The van der Waals surface area contributed by atoms with Crippen LogP contribution in [0.2, 0.25) is 0 Å². The molecule has 0 bridgehead atoms. The van der Waals surface area contributed by atoms with Gasteiger partial charge < -0.3 is 9.64 Å². The van der Waals surface area contributed by atoms with Crippen LogP contribution in [0.15, 0.2) is 30.3 Å². The van der Waals surface area contributed by atoms with E-state index in [-0.39, 0.29) is 11.9 Å². The maximum Gasteiger partial charge on any atom is 0.306 e. The molecule has 2 heterocycles. The molecule has 0 amide bonds. The molecule has 2 fully saturated rings. The van der Waals surface area contributed by atoms with Gasteiger partial charge in [-0.15, -0.1) is 0 Å². The van der Waals surface area contributed by atoms with Crippen LogP contribution in [-0.2, 0) is 15.1 Å². The first-order valence-corrected chi connectivity index (χ1v) is 12.5. The van der Waals surface area contributed by atoms with E-state index in [0.29, 0.717) is 11.2 Å². The number of piperidine rings is 1. The van der Waals surface area contributed by atoms with Crippen molar-refractivity contribution in [2.45, 2.75) is 62.7 Å². The highest BCUT2D eigenvalue weighted by Crippen LogP contribution is 2.49. The molecule has 2 saturated heterocycles. The predicted molar refractivity (Wildman–Crippen MR) is 117 cm³/mol. The first-order chi connectivity index (χ1) is 12.9. The van der Waals surface area contributed by atoms with Crippen LogP contribution in [0.1, 0.15) is 57.9 Å². The lowest BCUT2D eigenvalue weighted by Crippen LogP contribution is -2.50. The number of esters is 1. The summed E-state index contributed by atoms with van der Waals surface area (Å²) in [5.41, 5.74) is 0.667. The zero-order chi connectivity index (χ0) is 19.3. The van der Waals surface area contributed by atoms with Crippen LogP contribution >= 0.6 is 21.6 Å². The van der Waals surface area contributed by atoms with Gasteiger partial charge in [0.1, 0.15) is 5.60 Å². The minimum atomic E-state index is -0.477. The van der Waals surface area contributed by atoms with E-state index in [2.05, 4.69) is 37.9 Å². The van der Waals surface area contributed by atoms with E-state index in [1.807, 2.05) is 39.8 Å². The SMILES string of the molecule is CC1CN(C)CCC1(OC(=O)CCCC[C@@]1(C)CCSS1)c1ccccc1. The van der Waals surface area contributed by atoms with Crippen LogP contribution in [0.5, 0.6) is 0 Å². The molecule has 0 N–H and O–H groups in total. The Labute approximate surface area is 172 Å². The van der Waals surface area contributed by atoms with Crippen LogP contribution in [0.25, 0.3) is 0 Å². The van der Waals surface area contributed by atoms with Crippen molar-refractivity contribution in [1.29, 1.82) is 0 Å². The van der Waals surface area contributed by atoms with Gasteiger partial charge in [-0.2, -0.15) is 0 Å². The molecular formula is C22H33NO2S2. The van der Waals surface area contributed by atoms with Gasteiger partial charge in [-0.3, -0.25) is 4.79 Å². The van der Waals surface area contributed by atoms with E-state index in [1.165, 1.54) is 18.6 Å². The van der Waals surface area contributed by atoms with Gasteiger partial charge in [0.05, 0.1) is 0 Å². The molecule has 150 valence electrons. The monoisotopic (exact) mass is 407 g/mol. The fourth-order valence-electron chi connectivity index (χ4n) is 4.34. The number of likely N-dealkylation sites (tertiary alicyclic amines) is 1. The predicted octanol–water partition coefficient (Wildman–Crippen LogP) is 5.50. The second-order valence-corrected chi connectivity index (χ2v) is 11.5. The fraction of sp³-hybridized carbons (Fsp3) is 0.682. The van der Waals surface area contributed by atoms with Gasteiger partial charge in [0.2, 0.25) is 0 Å². The molecule has 27 heavy (non-hydrogen) atoms. The Kier molecular flexibility index (Phi) is 7.20. The summed E-state index contributed by atoms with van der Waals surface area (Å²) >= 11 is 0. The highest BCUT2D eigenvalue weighted by atomic mass is 33.1. The molecule has 0 radical (unpaired) electrons. The molecule has 5 heteroatoms. The lowest BCUT2D eigenvalue weighted by Gasteiger charge is -2.45. The van der Waals surface area contributed by atoms with Gasteiger partial charge in [0, 0.05) is 42.3 Å². The summed E-state index contributed by atoms with van der Waals surface area (Å²) in [7, 11) is 6.16. The molecule has 3 atom stereocenters. The second-order valence-electron chi connectivity index (χ2n) is 8.46. The number of hydrogen-bond acceptors (Lipinski definition) is 5. The van der Waals surface area contributed by atoms with Crippen molar-refractivity contribution < 1.29 is 9.53 Å². The smallest absolute Gasteiger partial charge is 0.306 e. The highest BCUT2D eigenvalue weighted by molar-refractivity contribution is 8.77. The third-order valence-electron chi connectivity index (χ3n) is 6.12. The van der Waals surface area contributed by atoms with Crippen LogP contribution in [0.3, 0.4) is 0 Å². The summed E-state index contributed by atoms with van der Waals surface area (Å²) < 4.78 is 6.65. The van der Waals surface area contributed by atoms with E-state index in [1.54, 1.807) is 0 Å². The lowest BCUT2D eigenvalue weighted by atomic mass is 9.76. The number of unbranched alkanes of at least 4 members (excludes halogenated alkanes) is 1. The third-order valence-corrected chi connectivity index (χ3v) is 9.48. The van der Waals surface area contributed by atoms with E-state index in [0.717, 1.165) is 37.9 Å². The summed E-state index contributed by atoms with van der Waals surface area (Å²) in [5, 5.41) is 0. The van der Waals surface area contributed by atoms with Crippen LogP contribution < -0.4 is 0 Å². The minimum absolute atomic E-state index is 0.0335. The maximum absolute atomic E-state index is 12.7. The molecule has 3 rings (SSSR count). The highest BCUT2D eigenvalue weighted by Gasteiger charge is 2.44. The number of rotatable bonds is 7. The average Bonchev–Trinajstić information content (AvgIpc) is 3.09. The standard InChI is InChI=1S/C22H33NO2S2/c1-18-17-23(3)15-13-22(18,19-9-5-4-6-10-19)25-20(24)11-7-8-12-21(2)14-16-26-27-21/h4-6,9-10,18H,7-8,11-17H2,1-3H3/t18?,21-,22?/m0/s1. The second kappa shape index (κ2) is 9.23. The van der Waals surface area contributed by atoms with Crippen molar-refractivity contribution >= 4 is 27.6 Å². The van der Waals surface area contributed by atoms with E-state index < -0.39 is 5.60 Å². The largest absolute Gasteiger partial charge is 0.454 e.